The Kier molecular flexibility index (Phi) is 2.60. The lowest BCUT2D eigenvalue weighted by Gasteiger charge is -2.36. The van der Waals surface area contributed by atoms with Gasteiger partial charge in [-0.2, -0.15) is 0 Å². The molecule has 0 unspecified atom stereocenters. The van der Waals surface area contributed by atoms with Crippen LogP contribution in [0.1, 0.15) is 43.2 Å². The van der Waals surface area contributed by atoms with Crippen LogP contribution >= 0.6 is 25.3 Å². The first kappa shape index (κ1) is 10.8. The maximum Gasteiger partial charge on any atom is 0.0209 e. The zero-order valence-corrected chi connectivity index (χ0v) is 11.0. The Morgan fingerprint density at radius 2 is 1.69 bits per heavy atom. The number of hydrogen-bond donors (Lipinski definition) is 2. The quantitative estimate of drug-likeness (QED) is 0.623. The van der Waals surface area contributed by atoms with Gasteiger partial charge in [-0.1, -0.05) is 37.1 Å². The van der Waals surface area contributed by atoms with Crippen molar-refractivity contribution >= 4 is 30.2 Å². The van der Waals surface area contributed by atoms with E-state index in [1.54, 1.807) is 0 Å². The lowest BCUT2D eigenvalue weighted by molar-refractivity contribution is 0.439. The second-order valence-electron chi connectivity index (χ2n) is 5.01. The van der Waals surface area contributed by atoms with E-state index < -0.39 is 0 Å². The highest BCUT2D eigenvalue weighted by Crippen LogP contribution is 2.53. The standard InChI is InChI=1S/C14H16S2/c15-12-9-14(7-3-4-8-14)11-6-2-1-5-10(11)13(12)16/h1-2,5-6,15-16H,3-4,7-9H2. The first-order chi connectivity index (χ1) is 7.73. The number of allylic oxidation sites excluding steroid dienone is 1. The molecule has 0 bridgehead atoms. The largest absolute Gasteiger partial charge is 0.147 e. The minimum absolute atomic E-state index is 0.375. The first-order valence-corrected chi connectivity index (χ1v) is 6.83. The molecule has 0 N–H and O–H groups in total. The number of fused-ring (bicyclic) bond motifs is 2. The SMILES string of the molecule is SC1=C(S)c2ccccc2C2(CCCC2)C1. The molecular formula is C14H16S2. The lowest BCUT2D eigenvalue weighted by atomic mass is 9.71. The third kappa shape index (κ3) is 1.46. The van der Waals surface area contributed by atoms with Crippen LogP contribution in [0.25, 0.3) is 4.91 Å². The van der Waals surface area contributed by atoms with Crippen LogP contribution in [-0.2, 0) is 5.41 Å². The van der Waals surface area contributed by atoms with Gasteiger partial charge in [0.2, 0.25) is 0 Å². The van der Waals surface area contributed by atoms with Crippen molar-refractivity contribution in [3.8, 4) is 0 Å². The van der Waals surface area contributed by atoms with Crippen molar-refractivity contribution < 1.29 is 0 Å². The number of rotatable bonds is 0. The zero-order valence-electron chi connectivity index (χ0n) is 9.24. The molecule has 2 heteroatoms. The highest BCUT2D eigenvalue weighted by molar-refractivity contribution is 7.93. The topological polar surface area (TPSA) is 0 Å². The van der Waals surface area contributed by atoms with Gasteiger partial charge in [-0.05, 0) is 35.3 Å². The van der Waals surface area contributed by atoms with Crippen LogP contribution in [0.5, 0.6) is 0 Å². The molecule has 0 atom stereocenters. The van der Waals surface area contributed by atoms with Crippen molar-refractivity contribution in [3.63, 3.8) is 0 Å². The molecule has 0 aromatic heterocycles. The second-order valence-corrected chi connectivity index (χ2v) is 5.99. The molecule has 0 heterocycles. The lowest BCUT2D eigenvalue weighted by Crippen LogP contribution is -2.26. The van der Waals surface area contributed by atoms with E-state index >= 15 is 0 Å². The molecule has 3 rings (SSSR count). The van der Waals surface area contributed by atoms with E-state index in [9.17, 15) is 0 Å². The van der Waals surface area contributed by atoms with Gasteiger partial charge >= 0.3 is 0 Å². The summed E-state index contributed by atoms with van der Waals surface area (Å²) in [7, 11) is 0. The van der Waals surface area contributed by atoms with Gasteiger partial charge in [-0.3, -0.25) is 0 Å². The van der Waals surface area contributed by atoms with E-state index in [4.69, 9.17) is 0 Å². The molecule has 0 aliphatic heterocycles. The van der Waals surface area contributed by atoms with Crippen molar-refractivity contribution in [2.45, 2.75) is 37.5 Å². The Balaban J connectivity index is 2.21. The predicted molar refractivity (Wildman–Crippen MR) is 76.1 cm³/mol. The summed E-state index contributed by atoms with van der Waals surface area (Å²) in [5.74, 6) is 0. The fourth-order valence-electron chi connectivity index (χ4n) is 3.30. The fourth-order valence-corrected chi connectivity index (χ4v) is 4.00. The molecule has 0 amide bonds. The van der Waals surface area contributed by atoms with Crippen LogP contribution in [0.3, 0.4) is 0 Å². The van der Waals surface area contributed by atoms with Gasteiger partial charge in [0.25, 0.3) is 0 Å². The van der Waals surface area contributed by atoms with Crippen molar-refractivity contribution in [1.29, 1.82) is 0 Å². The summed E-state index contributed by atoms with van der Waals surface area (Å²) in [6.07, 6.45) is 6.44. The van der Waals surface area contributed by atoms with Crippen LogP contribution in [0, 0.1) is 0 Å². The van der Waals surface area contributed by atoms with Gasteiger partial charge in [0.1, 0.15) is 0 Å². The minimum Gasteiger partial charge on any atom is -0.147 e. The Labute approximate surface area is 108 Å². The molecular weight excluding hydrogens is 232 g/mol. The van der Waals surface area contributed by atoms with E-state index in [1.165, 1.54) is 41.7 Å². The molecule has 16 heavy (non-hydrogen) atoms. The summed E-state index contributed by atoms with van der Waals surface area (Å²) < 4.78 is 0. The minimum atomic E-state index is 0.375. The maximum atomic E-state index is 4.63. The summed E-state index contributed by atoms with van der Waals surface area (Å²) in [6, 6.07) is 8.73. The van der Waals surface area contributed by atoms with Crippen molar-refractivity contribution in [2.75, 3.05) is 0 Å². The van der Waals surface area contributed by atoms with Crippen LogP contribution in [0.4, 0.5) is 0 Å². The van der Waals surface area contributed by atoms with E-state index in [0.717, 1.165) is 11.3 Å². The Morgan fingerprint density at radius 3 is 2.44 bits per heavy atom. The van der Waals surface area contributed by atoms with E-state index in [2.05, 4.69) is 49.5 Å². The maximum absolute atomic E-state index is 4.63. The van der Waals surface area contributed by atoms with Gasteiger partial charge in [0, 0.05) is 10.3 Å². The number of hydrogen-bond acceptors (Lipinski definition) is 2. The molecule has 1 fully saturated rings. The van der Waals surface area contributed by atoms with Crippen molar-refractivity contribution in [2.24, 2.45) is 0 Å². The van der Waals surface area contributed by atoms with Crippen molar-refractivity contribution in [1.82, 2.24) is 0 Å². The van der Waals surface area contributed by atoms with Gasteiger partial charge < -0.3 is 0 Å². The number of benzene rings is 1. The average molecular weight is 248 g/mol. The molecule has 1 spiro atoms. The normalized spacial score (nSPS) is 22.6. The molecule has 2 aliphatic carbocycles. The second kappa shape index (κ2) is 3.85. The molecule has 2 aliphatic rings. The Morgan fingerprint density at radius 1 is 1.00 bits per heavy atom. The third-order valence-electron chi connectivity index (χ3n) is 4.09. The highest BCUT2D eigenvalue weighted by Gasteiger charge is 2.40. The van der Waals surface area contributed by atoms with Gasteiger partial charge in [-0.25, -0.2) is 0 Å². The van der Waals surface area contributed by atoms with Gasteiger partial charge in [-0.15, -0.1) is 25.3 Å². The first-order valence-electron chi connectivity index (χ1n) is 5.94. The molecule has 1 saturated carbocycles. The summed E-state index contributed by atoms with van der Waals surface area (Å²) in [5.41, 5.74) is 3.19. The summed E-state index contributed by atoms with van der Waals surface area (Å²) in [5, 5.41) is 0. The van der Waals surface area contributed by atoms with E-state index in [1.807, 2.05) is 0 Å². The molecule has 1 aromatic carbocycles. The van der Waals surface area contributed by atoms with Crippen LogP contribution in [0.15, 0.2) is 29.2 Å². The molecule has 0 saturated heterocycles. The molecule has 1 aromatic rings. The zero-order chi connectivity index (χ0) is 11.2. The van der Waals surface area contributed by atoms with E-state index in [0.29, 0.717) is 5.41 Å². The third-order valence-corrected chi connectivity index (χ3v) is 5.16. The Hall–Kier alpha value is -0.340. The van der Waals surface area contributed by atoms with Crippen LogP contribution < -0.4 is 0 Å². The van der Waals surface area contributed by atoms with Gasteiger partial charge in [0.15, 0.2) is 0 Å². The summed E-state index contributed by atoms with van der Waals surface area (Å²) in [4.78, 5) is 2.25. The van der Waals surface area contributed by atoms with Crippen LogP contribution in [-0.4, -0.2) is 0 Å². The number of thiol groups is 2. The summed E-state index contributed by atoms with van der Waals surface area (Å²) in [6.45, 7) is 0. The Bertz CT molecular complexity index is 454. The smallest absolute Gasteiger partial charge is 0.0209 e. The van der Waals surface area contributed by atoms with Gasteiger partial charge in [0.05, 0.1) is 0 Å². The van der Waals surface area contributed by atoms with Crippen molar-refractivity contribution in [3.05, 3.63) is 40.3 Å². The van der Waals surface area contributed by atoms with E-state index in [-0.39, 0.29) is 0 Å². The molecule has 0 nitrogen and oxygen atoms in total. The average Bonchev–Trinajstić information content (AvgIpc) is 2.76. The fraction of sp³-hybridized carbons (Fsp3) is 0.429. The summed E-state index contributed by atoms with van der Waals surface area (Å²) >= 11 is 9.25. The highest BCUT2D eigenvalue weighted by atomic mass is 32.1. The van der Waals surface area contributed by atoms with Crippen LogP contribution in [0.2, 0.25) is 0 Å². The predicted octanol–water partition coefficient (Wildman–Crippen LogP) is 4.43. The molecule has 0 radical (unpaired) electrons. The molecule has 84 valence electrons. The monoisotopic (exact) mass is 248 g/mol.